The third kappa shape index (κ3) is 2.90. The number of anilines is 1. The van der Waals surface area contributed by atoms with Crippen molar-refractivity contribution in [1.29, 1.82) is 0 Å². The van der Waals surface area contributed by atoms with Crippen LogP contribution < -0.4 is 5.32 Å². The summed E-state index contributed by atoms with van der Waals surface area (Å²) in [6.45, 7) is 2.18. The molecule has 0 amide bonds. The molecule has 0 radical (unpaired) electrons. The van der Waals surface area contributed by atoms with E-state index in [-0.39, 0.29) is 6.61 Å². The van der Waals surface area contributed by atoms with Gasteiger partial charge in [0.05, 0.1) is 12.3 Å². The minimum Gasteiger partial charge on any atom is -0.390 e. The van der Waals surface area contributed by atoms with Crippen molar-refractivity contribution in [2.75, 3.05) is 25.5 Å². The van der Waals surface area contributed by atoms with Gasteiger partial charge in [0.15, 0.2) is 0 Å². The maximum Gasteiger partial charge on any atom is 0.223 e. The first kappa shape index (κ1) is 11.3. The van der Waals surface area contributed by atoms with Crippen LogP contribution in [0.2, 0.25) is 0 Å². The van der Waals surface area contributed by atoms with Crippen LogP contribution in [0.4, 0.5) is 5.95 Å². The molecule has 0 aromatic carbocycles. The maximum atomic E-state index is 8.98. The molecule has 0 unspecified atom stereocenters. The molecule has 0 saturated carbocycles. The van der Waals surface area contributed by atoms with E-state index in [4.69, 9.17) is 5.11 Å². The van der Waals surface area contributed by atoms with Crippen LogP contribution in [0.5, 0.6) is 0 Å². The lowest BCUT2D eigenvalue weighted by atomic mass is 10.1. The van der Waals surface area contributed by atoms with Gasteiger partial charge in [0, 0.05) is 12.2 Å². The predicted molar refractivity (Wildman–Crippen MR) is 62.1 cm³/mol. The molecule has 5 heteroatoms. The Morgan fingerprint density at radius 3 is 2.94 bits per heavy atom. The fourth-order valence-corrected chi connectivity index (χ4v) is 1.89. The quantitative estimate of drug-likeness (QED) is 0.778. The van der Waals surface area contributed by atoms with E-state index in [0.29, 0.717) is 17.7 Å². The Morgan fingerprint density at radius 2 is 2.25 bits per heavy atom. The molecule has 1 saturated heterocycles. The monoisotopic (exact) mass is 222 g/mol. The number of aliphatic hydroxyl groups is 1. The van der Waals surface area contributed by atoms with Crippen molar-refractivity contribution in [1.82, 2.24) is 14.9 Å². The fraction of sp³-hybridized carbons (Fsp3) is 0.636. The predicted octanol–water partition coefficient (Wildman–Crippen LogP) is 0.475. The van der Waals surface area contributed by atoms with Crippen molar-refractivity contribution in [3.8, 4) is 0 Å². The lowest BCUT2D eigenvalue weighted by molar-refractivity contribution is 0.263. The first-order valence-electron chi connectivity index (χ1n) is 5.66. The summed E-state index contributed by atoms with van der Waals surface area (Å²) in [7, 11) is 2.14. The van der Waals surface area contributed by atoms with Gasteiger partial charge in [-0.15, -0.1) is 0 Å². The van der Waals surface area contributed by atoms with Crippen LogP contribution in [0.3, 0.4) is 0 Å². The lowest BCUT2D eigenvalue weighted by Gasteiger charge is -2.29. The minimum atomic E-state index is -0.0371. The van der Waals surface area contributed by atoms with E-state index in [1.165, 1.54) is 0 Å². The van der Waals surface area contributed by atoms with Crippen LogP contribution in [0.25, 0.3) is 0 Å². The summed E-state index contributed by atoms with van der Waals surface area (Å²) >= 11 is 0. The Balaban J connectivity index is 1.93. The van der Waals surface area contributed by atoms with Crippen molar-refractivity contribution < 1.29 is 5.11 Å². The fourth-order valence-electron chi connectivity index (χ4n) is 1.89. The van der Waals surface area contributed by atoms with Crippen LogP contribution in [-0.4, -0.2) is 46.2 Å². The molecular formula is C11H18N4O. The Kier molecular flexibility index (Phi) is 3.69. The van der Waals surface area contributed by atoms with E-state index in [0.717, 1.165) is 25.9 Å². The van der Waals surface area contributed by atoms with Gasteiger partial charge in [-0.05, 0) is 39.0 Å². The third-order valence-corrected chi connectivity index (χ3v) is 2.93. The van der Waals surface area contributed by atoms with Crippen molar-refractivity contribution in [2.45, 2.75) is 25.5 Å². The van der Waals surface area contributed by atoms with E-state index in [1.54, 1.807) is 12.3 Å². The standard InChI is InChI=1S/C11H18N4O/c1-15-6-3-9(4-7-15)13-11-12-5-2-10(8-16)14-11/h2,5,9,16H,3-4,6-8H2,1H3,(H,12,13,14). The maximum absolute atomic E-state index is 8.98. The molecule has 1 aliphatic heterocycles. The highest BCUT2D eigenvalue weighted by Gasteiger charge is 2.16. The molecule has 1 aromatic rings. The molecule has 1 fully saturated rings. The Hall–Kier alpha value is -1.20. The second kappa shape index (κ2) is 5.23. The molecule has 2 N–H and O–H groups in total. The molecule has 2 heterocycles. The van der Waals surface area contributed by atoms with Crippen molar-refractivity contribution in [3.05, 3.63) is 18.0 Å². The Labute approximate surface area is 95.5 Å². The van der Waals surface area contributed by atoms with E-state index >= 15 is 0 Å². The second-order valence-corrected chi connectivity index (χ2v) is 4.25. The average Bonchev–Trinajstić information content (AvgIpc) is 2.32. The summed E-state index contributed by atoms with van der Waals surface area (Å²) in [6.07, 6.45) is 3.91. The van der Waals surface area contributed by atoms with Crippen LogP contribution in [0, 0.1) is 0 Å². The molecule has 0 spiro atoms. The van der Waals surface area contributed by atoms with E-state index in [2.05, 4.69) is 27.2 Å². The average molecular weight is 222 g/mol. The number of nitrogens with zero attached hydrogens (tertiary/aromatic N) is 3. The van der Waals surface area contributed by atoms with Crippen molar-refractivity contribution >= 4 is 5.95 Å². The van der Waals surface area contributed by atoms with Gasteiger partial charge in [-0.3, -0.25) is 0 Å². The summed E-state index contributed by atoms with van der Waals surface area (Å²) in [6, 6.07) is 2.17. The highest BCUT2D eigenvalue weighted by atomic mass is 16.3. The molecular weight excluding hydrogens is 204 g/mol. The summed E-state index contributed by atoms with van der Waals surface area (Å²) in [5.74, 6) is 0.626. The largest absolute Gasteiger partial charge is 0.390 e. The first-order chi connectivity index (χ1) is 7.78. The number of likely N-dealkylation sites (tertiary alicyclic amines) is 1. The molecule has 88 valence electrons. The molecule has 16 heavy (non-hydrogen) atoms. The van der Waals surface area contributed by atoms with Crippen molar-refractivity contribution in [3.63, 3.8) is 0 Å². The van der Waals surface area contributed by atoms with Gasteiger partial charge in [-0.1, -0.05) is 0 Å². The number of aromatic nitrogens is 2. The third-order valence-electron chi connectivity index (χ3n) is 2.93. The van der Waals surface area contributed by atoms with Gasteiger partial charge in [0.25, 0.3) is 0 Å². The van der Waals surface area contributed by atoms with Gasteiger partial charge in [-0.25, -0.2) is 9.97 Å². The van der Waals surface area contributed by atoms with Gasteiger partial charge in [0.1, 0.15) is 0 Å². The molecule has 0 atom stereocenters. The summed E-state index contributed by atoms with van der Waals surface area (Å²) < 4.78 is 0. The number of piperidine rings is 1. The molecule has 2 rings (SSSR count). The zero-order valence-electron chi connectivity index (χ0n) is 9.56. The second-order valence-electron chi connectivity index (χ2n) is 4.25. The Bertz CT molecular complexity index is 337. The van der Waals surface area contributed by atoms with Gasteiger partial charge in [-0.2, -0.15) is 0 Å². The normalized spacial score (nSPS) is 18.6. The summed E-state index contributed by atoms with van der Waals surface area (Å²) in [4.78, 5) is 10.7. The number of aliphatic hydroxyl groups excluding tert-OH is 1. The summed E-state index contributed by atoms with van der Waals surface area (Å²) in [5.41, 5.74) is 0.658. The lowest BCUT2D eigenvalue weighted by Crippen LogP contribution is -2.37. The Morgan fingerprint density at radius 1 is 1.50 bits per heavy atom. The van der Waals surface area contributed by atoms with Crippen LogP contribution >= 0.6 is 0 Å². The van der Waals surface area contributed by atoms with E-state index in [1.807, 2.05) is 0 Å². The first-order valence-corrected chi connectivity index (χ1v) is 5.66. The number of rotatable bonds is 3. The summed E-state index contributed by atoms with van der Waals surface area (Å²) in [5, 5.41) is 12.3. The molecule has 5 nitrogen and oxygen atoms in total. The molecule has 0 bridgehead atoms. The van der Waals surface area contributed by atoms with Gasteiger partial charge in [0.2, 0.25) is 5.95 Å². The van der Waals surface area contributed by atoms with Gasteiger partial charge < -0.3 is 15.3 Å². The van der Waals surface area contributed by atoms with Crippen LogP contribution in [0.15, 0.2) is 12.3 Å². The van der Waals surface area contributed by atoms with Crippen LogP contribution in [0.1, 0.15) is 18.5 Å². The SMILES string of the molecule is CN1CCC(Nc2nccc(CO)n2)CC1. The highest BCUT2D eigenvalue weighted by molar-refractivity contribution is 5.26. The van der Waals surface area contributed by atoms with Gasteiger partial charge >= 0.3 is 0 Å². The number of nitrogens with one attached hydrogen (secondary N) is 1. The zero-order valence-corrected chi connectivity index (χ0v) is 9.56. The smallest absolute Gasteiger partial charge is 0.223 e. The molecule has 1 aromatic heterocycles. The van der Waals surface area contributed by atoms with Crippen LogP contribution in [-0.2, 0) is 6.61 Å². The highest BCUT2D eigenvalue weighted by Crippen LogP contribution is 2.12. The molecule has 1 aliphatic rings. The van der Waals surface area contributed by atoms with E-state index in [9.17, 15) is 0 Å². The van der Waals surface area contributed by atoms with Crippen molar-refractivity contribution in [2.24, 2.45) is 0 Å². The topological polar surface area (TPSA) is 61.3 Å². The number of hydrogen-bond donors (Lipinski definition) is 2. The molecule has 0 aliphatic carbocycles. The van der Waals surface area contributed by atoms with E-state index < -0.39 is 0 Å². The zero-order chi connectivity index (χ0) is 11.4. The number of hydrogen-bond acceptors (Lipinski definition) is 5. The minimum absolute atomic E-state index is 0.0371.